The number of aryl methyl sites for hydroxylation is 1. The summed E-state index contributed by atoms with van der Waals surface area (Å²) in [5, 5.41) is 0. The van der Waals surface area contributed by atoms with Crippen molar-refractivity contribution in [3.05, 3.63) is 34.9 Å². The van der Waals surface area contributed by atoms with Gasteiger partial charge in [-0.3, -0.25) is 9.59 Å². The molecule has 0 radical (unpaired) electrons. The molecule has 2 heterocycles. The summed E-state index contributed by atoms with van der Waals surface area (Å²) >= 11 is 0. The highest BCUT2D eigenvalue weighted by molar-refractivity contribution is 5.95. The van der Waals surface area contributed by atoms with Crippen LogP contribution in [-0.4, -0.2) is 54.3 Å². The van der Waals surface area contributed by atoms with Gasteiger partial charge in [0.15, 0.2) is 0 Å². The zero-order valence-electron chi connectivity index (χ0n) is 13.6. The fraction of sp³-hybridized carbons (Fsp3) is 0.444. The standard InChI is InChI=1S/C18H21N3O2/c1-13-5-6-16(8-15(13)4-3-7-19)17(23)21-11-18(12-21)9-20(10-18)14(2)22/h5-6,8H,7,9-12,19H2,1-2H3. The van der Waals surface area contributed by atoms with Gasteiger partial charge in [0.05, 0.1) is 6.54 Å². The van der Waals surface area contributed by atoms with Crippen LogP contribution in [0.1, 0.15) is 28.4 Å². The van der Waals surface area contributed by atoms with Gasteiger partial charge in [0.1, 0.15) is 0 Å². The van der Waals surface area contributed by atoms with Crippen molar-refractivity contribution in [3.8, 4) is 11.8 Å². The van der Waals surface area contributed by atoms with Gasteiger partial charge in [-0.05, 0) is 24.6 Å². The first-order valence-electron chi connectivity index (χ1n) is 7.78. The molecule has 23 heavy (non-hydrogen) atoms. The van der Waals surface area contributed by atoms with Gasteiger partial charge >= 0.3 is 0 Å². The molecule has 5 nitrogen and oxygen atoms in total. The third kappa shape index (κ3) is 2.82. The van der Waals surface area contributed by atoms with Gasteiger partial charge in [-0.25, -0.2) is 0 Å². The van der Waals surface area contributed by atoms with E-state index in [1.165, 1.54) is 0 Å². The lowest BCUT2D eigenvalue weighted by atomic mass is 9.72. The molecular formula is C18H21N3O2. The SMILES string of the molecule is CC(=O)N1CC2(C1)CN(C(=O)c1ccc(C)c(C#CCN)c1)C2. The molecule has 3 rings (SSSR count). The molecule has 0 aromatic heterocycles. The van der Waals surface area contributed by atoms with Crippen molar-refractivity contribution >= 4 is 11.8 Å². The van der Waals surface area contributed by atoms with Crippen LogP contribution in [0.5, 0.6) is 0 Å². The smallest absolute Gasteiger partial charge is 0.253 e. The highest BCUT2D eigenvalue weighted by atomic mass is 16.2. The third-order valence-corrected chi connectivity index (χ3v) is 4.65. The lowest BCUT2D eigenvalue weighted by Crippen LogP contribution is -2.73. The molecule has 2 fully saturated rings. The number of hydrogen-bond donors (Lipinski definition) is 1. The van der Waals surface area contributed by atoms with Crippen molar-refractivity contribution in [2.75, 3.05) is 32.7 Å². The van der Waals surface area contributed by atoms with Crippen LogP contribution in [-0.2, 0) is 4.79 Å². The van der Waals surface area contributed by atoms with Crippen molar-refractivity contribution < 1.29 is 9.59 Å². The molecule has 0 aliphatic carbocycles. The summed E-state index contributed by atoms with van der Waals surface area (Å²) in [4.78, 5) is 27.5. The van der Waals surface area contributed by atoms with E-state index in [-0.39, 0.29) is 17.2 Å². The Labute approximate surface area is 136 Å². The van der Waals surface area contributed by atoms with Crippen LogP contribution in [0.25, 0.3) is 0 Å². The average molecular weight is 311 g/mol. The molecule has 0 atom stereocenters. The number of nitrogens with two attached hydrogens (primary N) is 1. The van der Waals surface area contributed by atoms with Crippen molar-refractivity contribution in [1.29, 1.82) is 0 Å². The molecule has 2 aliphatic heterocycles. The summed E-state index contributed by atoms with van der Waals surface area (Å²) in [7, 11) is 0. The van der Waals surface area contributed by atoms with E-state index in [4.69, 9.17) is 5.73 Å². The number of carbonyl (C=O) groups excluding carboxylic acids is 2. The molecule has 0 saturated carbocycles. The maximum absolute atomic E-state index is 12.6. The van der Waals surface area contributed by atoms with E-state index >= 15 is 0 Å². The number of benzene rings is 1. The minimum atomic E-state index is 0.0349. The Kier molecular flexibility index (Phi) is 3.87. The van der Waals surface area contributed by atoms with E-state index in [0.29, 0.717) is 12.1 Å². The number of likely N-dealkylation sites (tertiary alicyclic amines) is 2. The second-order valence-corrected chi connectivity index (χ2v) is 6.57. The zero-order chi connectivity index (χ0) is 16.6. The Hall–Kier alpha value is -2.32. The second kappa shape index (κ2) is 5.71. The van der Waals surface area contributed by atoms with Gasteiger partial charge < -0.3 is 15.5 Å². The molecule has 5 heteroatoms. The molecule has 2 aliphatic rings. The predicted molar refractivity (Wildman–Crippen MR) is 87.7 cm³/mol. The lowest BCUT2D eigenvalue weighted by molar-refractivity contribution is -0.152. The summed E-state index contributed by atoms with van der Waals surface area (Å²) < 4.78 is 0. The molecule has 120 valence electrons. The molecule has 0 bridgehead atoms. The van der Waals surface area contributed by atoms with Crippen LogP contribution in [0.4, 0.5) is 0 Å². The first kappa shape index (κ1) is 15.6. The summed E-state index contributed by atoms with van der Waals surface area (Å²) in [6, 6.07) is 5.61. The van der Waals surface area contributed by atoms with Crippen LogP contribution in [0.3, 0.4) is 0 Å². The fourth-order valence-corrected chi connectivity index (χ4v) is 3.31. The molecule has 2 N–H and O–H groups in total. The molecular weight excluding hydrogens is 290 g/mol. The fourth-order valence-electron chi connectivity index (χ4n) is 3.31. The van der Waals surface area contributed by atoms with E-state index in [9.17, 15) is 9.59 Å². The van der Waals surface area contributed by atoms with E-state index in [1.54, 1.807) is 6.92 Å². The molecule has 2 amide bonds. The van der Waals surface area contributed by atoms with E-state index in [0.717, 1.165) is 37.3 Å². The molecule has 0 unspecified atom stereocenters. The van der Waals surface area contributed by atoms with Gasteiger partial charge in [0.2, 0.25) is 5.91 Å². The Morgan fingerprint density at radius 2 is 1.87 bits per heavy atom. The lowest BCUT2D eigenvalue weighted by Gasteiger charge is -2.60. The van der Waals surface area contributed by atoms with Crippen molar-refractivity contribution in [1.82, 2.24) is 9.80 Å². The van der Waals surface area contributed by atoms with Crippen molar-refractivity contribution in [3.63, 3.8) is 0 Å². The summed E-state index contributed by atoms with van der Waals surface area (Å²) in [6.07, 6.45) is 0. The van der Waals surface area contributed by atoms with E-state index in [2.05, 4.69) is 11.8 Å². The summed E-state index contributed by atoms with van der Waals surface area (Å²) in [5.41, 5.74) is 8.10. The monoisotopic (exact) mass is 311 g/mol. The first-order valence-corrected chi connectivity index (χ1v) is 7.78. The van der Waals surface area contributed by atoms with Crippen LogP contribution in [0.15, 0.2) is 18.2 Å². The van der Waals surface area contributed by atoms with Crippen molar-refractivity contribution in [2.24, 2.45) is 11.1 Å². The Balaban J connectivity index is 1.65. The maximum atomic E-state index is 12.6. The Morgan fingerprint density at radius 1 is 1.22 bits per heavy atom. The minimum absolute atomic E-state index is 0.0349. The van der Waals surface area contributed by atoms with E-state index in [1.807, 2.05) is 34.9 Å². The van der Waals surface area contributed by atoms with Gasteiger partial charge in [0, 0.05) is 49.6 Å². The average Bonchev–Trinajstić information content (AvgIpc) is 2.43. The number of nitrogens with zero attached hydrogens (tertiary/aromatic N) is 2. The number of hydrogen-bond acceptors (Lipinski definition) is 3. The van der Waals surface area contributed by atoms with Crippen LogP contribution < -0.4 is 5.73 Å². The van der Waals surface area contributed by atoms with Crippen LogP contribution in [0.2, 0.25) is 0 Å². The highest BCUT2D eigenvalue weighted by Crippen LogP contribution is 2.40. The number of amides is 2. The molecule has 1 aromatic carbocycles. The van der Waals surface area contributed by atoms with Crippen LogP contribution >= 0.6 is 0 Å². The Morgan fingerprint density at radius 3 is 2.48 bits per heavy atom. The molecule has 1 aromatic rings. The Bertz CT molecular complexity index is 716. The normalized spacial score (nSPS) is 17.9. The van der Waals surface area contributed by atoms with Gasteiger partial charge in [0.25, 0.3) is 5.91 Å². The van der Waals surface area contributed by atoms with Gasteiger partial charge in [-0.1, -0.05) is 17.9 Å². The zero-order valence-corrected chi connectivity index (χ0v) is 13.6. The largest absolute Gasteiger partial charge is 0.341 e. The quantitative estimate of drug-likeness (QED) is 0.773. The van der Waals surface area contributed by atoms with Crippen molar-refractivity contribution in [2.45, 2.75) is 13.8 Å². The van der Waals surface area contributed by atoms with E-state index < -0.39 is 0 Å². The predicted octanol–water partition coefficient (Wildman–Crippen LogP) is 0.610. The minimum Gasteiger partial charge on any atom is -0.341 e. The second-order valence-electron chi connectivity index (χ2n) is 6.57. The summed E-state index contributed by atoms with van der Waals surface area (Å²) in [6.45, 7) is 6.86. The molecule has 1 spiro atoms. The number of carbonyl (C=O) groups is 2. The summed E-state index contributed by atoms with van der Waals surface area (Å²) in [5.74, 6) is 5.99. The van der Waals surface area contributed by atoms with Gasteiger partial charge in [-0.2, -0.15) is 0 Å². The maximum Gasteiger partial charge on any atom is 0.253 e. The number of rotatable bonds is 1. The van der Waals surface area contributed by atoms with Gasteiger partial charge in [-0.15, -0.1) is 0 Å². The molecule has 2 saturated heterocycles. The highest BCUT2D eigenvalue weighted by Gasteiger charge is 2.53. The first-order chi connectivity index (χ1) is 10.9. The topological polar surface area (TPSA) is 66.6 Å². The third-order valence-electron chi connectivity index (χ3n) is 4.65. The van der Waals surface area contributed by atoms with Crippen LogP contribution in [0, 0.1) is 24.2 Å².